The summed E-state index contributed by atoms with van der Waals surface area (Å²) in [5, 5.41) is 2.85. The number of ether oxygens (including phenoxy) is 2. The lowest BCUT2D eigenvalue weighted by atomic mass is 9.77. The second-order valence-corrected chi connectivity index (χ2v) is 11.0. The SMILES string of the molecule is COC(=O)c1cncc(C=C(CNC(=O)OCC2c3ccccc3-c3ccccc32)B2OC(C)(C)C(C)(C)O2)c1. The number of hydrogen-bond donors (Lipinski definition) is 1. The predicted molar refractivity (Wildman–Crippen MR) is 153 cm³/mol. The summed E-state index contributed by atoms with van der Waals surface area (Å²) in [5.74, 6) is -0.528. The van der Waals surface area contributed by atoms with E-state index >= 15 is 0 Å². The minimum Gasteiger partial charge on any atom is -0.465 e. The van der Waals surface area contributed by atoms with Crippen LogP contribution < -0.4 is 5.32 Å². The van der Waals surface area contributed by atoms with Crippen LogP contribution in [0.2, 0.25) is 0 Å². The van der Waals surface area contributed by atoms with Gasteiger partial charge in [-0.25, -0.2) is 9.59 Å². The fourth-order valence-corrected chi connectivity index (χ4v) is 5.00. The third-order valence-electron chi connectivity index (χ3n) is 7.87. The Bertz CT molecular complexity index is 1410. The van der Waals surface area contributed by atoms with Crippen molar-refractivity contribution >= 4 is 25.3 Å². The summed E-state index contributed by atoms with van der Waals surface area (Å²) in [7, 11) is 0.597. The molecule has 1 aliphatic heterocycles. The summed E-state index contributed by atoms with van der Waals surface area (Å²) < 4.78 is 23.0. The number of carbonyl (C=O) groups excluding carboxylic acids is 2. The molecule has 2 heterocycles. The highest BCUT2D eigenvalue weighted by Gasteiger charge is 2.52. The molecule has 0 radical (unpaired) electrons. The number of nitrogens with one attached hydrogen (secondary N) is 1. The van der Waals surface area contributed by atoms with E-state index in [0.717, 1.165) is 11.1 Å². The van der Waals surface area contributed by atoms with Gasteiger partial charge in [-0.05, 0) is 67.1 Å². The summed E-state index contributed by atoms with van der Waals surface area (Å²) in [4.78, 5) is 29.1. The molecule has 0 atom stereocenters. The number of esters is 1. The van der Waals surface area contributed by atoms with Crippen LogP contribution in [0, 0.1) is 0 Å². The highest BCUT2D eigenvalue weighted by atomic mass is 16.7. The van der Waals surface area contributed by atoms with E-state index in [1.807, 2.05) is 52.0 Å². The Labute approximate surface area is 234 Å². The molecule has 2 aliphatic rings. The number of methoxy groups -OCH3 is 1. The van der Waals surface area contributed by atoms with Gasteiger partial charge in [0.25, 0.3) is 0 Å². The molecule has 9 heteroatoms. The van der Waals surface area contributed by atoms with Crippen LogP contribution in [0.1, 0.15) is 60.7 Å². The van der Waals surface area contributed by atoms with E-state index < -0.39 is 30.4 Å². The monoisotopic (exact) mass is 540 g/mol. The zero-order valence-corrected chi connectivity index (χ0v) is 23.4. The molecule has 0 bridgehead atoms. The average molecular weight is 540 g/mol. The standard InChI is InChI=1S/C31H33BN2O6/c1-30(2)31(3,4)40-32(39-30)22(15-20-14-21(17-33-16-20)28(35)37-5)18-34-29(36)38-19-27-25-12-8-6-10-23(25)24-11-7-9-13-26(24)27/h6-17,27H,18-19H2,1-5H3,(H,34,36). The van der Waals surface area contributed by atoms with Gasteiger partial charge in [-0.15, -0.1) is 0 Å². The van der Waals surface area contributed by atoms with E-state index in [0.29, 0.717) is 16.6 Å². The number of benzene rings is 2. The number of nitrogens with zero attached hydrogens (tertiary/aromatic N) is 1. The lowest BCUT2D eigenvalue weighted by Crippen LogP contribution is -2.41. The maximum atomic E-state index is 12.9. The molecular formula is C31H33BN2O6. The van der Waals surface area contributed by atoms with Crippen LogP contribution in [0.5, 0.6) is 0 Å². The van der Waals surface area contributed by atoms with Crippen LogP contribution in [-0.2, 0) is 18.8 Å². The minimum atomic E-state index is -0.722. The van der Waals surface area contributed by atoms with Gasteiger partial charge in [-0.3, -0.25) is 4.98 Å². The van der Waals surface area contributed by atoms with Gasteiger partial charge in [0, 0.05) is 24.9 Å². The molecule has 206 valence electrons. The summed E-state index contributed by atoms with van der Waals surface area (Å²) in [6.45, 7) is 8.16. The number of carbonyl (C=O) groups is 2. The maximum Gasteiger partial charge on any atom is 0.492 e. The number of alkyl carbamates (subject to hydrolysis) is 1. The molecular weight excluding hydrogens is 507 g/mol. The van der Waals surface area contributed by atoms with E-state index in [4.69, 9.17) is 18.8 Å². The number of pyridine rings is 1. The van der Waals surface area contributed by atoms with Gasteiger partial charge in [0.15, 0.2) is 0 Å². The summed E-state index contributed by atoms with van der Waals surface area (Å²) in [5.41, 5.74) is 5.08. The van der Waals surface area contributed by atoms with Gasteiger partial charge in [0.2, 0.25) is 0 Å². The smallest absolute Gasteiger partial charge is 0.465 e. The second kappa shape index (κ2) is 10.9. The molecule has 1 fully saturated rings. The first-order valence-electron chi connectivity index (χ1n) is 13.3. The van der Waals surface area contributed by atoms with Crippen molar-refractivity contribution in [2.24, 2.45) is 0 Å². The maximum absolute atomic E-state index is 12.9. The highest BCUT2D eigenvalue weighted by molar-refractivity contribution is 6.56. The summed E-state index contributed by atoms with van der Waals surface area (Å²) in [6, 6.07) is 18.1. The lowest BCUT2D eigenvalue weighted by Gasteiger charge is -2.32. The first kappa shape index (κ1) is 27.6. The fourth-order valence-electron chi connectivity index (χ4n) is 5.00. The number of hydrogen-bond acceptors (Lipinski definition) is 7. The van der Waals surface area contributed by atoms with Crippen molar-refractivity contribution < 1.29 is 28.4 Å². The van der Waals surface area contributed by atoms with Gasteiger partial charge >= 0.3 is 19.2 Å². The van der Waals surface area contributed by atoms with Gasteiger partial charge in [0.05, 0.1) is 23.9 Å². The van der Waals surface area contributed by atoms with Crippen LogP contribution in [0.3, 0.4) is 0 Å². The van der Waals surface area contributed by atoms with Gasteiger partial charge in [-0.2, -0.15) is 0 Å². The molecule has 1 amide bonds. The van der Waals surface area contributed by atoms with Gasteiger partial charge in [0.1, 0.15) is 6.61 Å². The number of rotatable bonds is 7. The molecule has 1 aromatic heterocycles. The van der Waals surface area contributed by atoms with E-state index in [-0.39, 0.29) is 19.1 Å². The van der Waals surface area contributed by atoms with Crippen LogP contribution in [-0.4, -0.2) is 55.6 Å². The molecule has 1 aliphatic carbocycles. The zero-order chi connectivity index (χ0) is 28.5. The Balaban J connectivity index is 1.32. The Hall–Kier alpha value is -3.95. The second-order valence-electron chi connectivity index (χ2n) is 11.0. The lowest BCUT2D eigenvalue weighted by molar-refractivity contribution is 0.00578. The topological polar surface area (TPSA) is 96.0 Å². The van der Waals surface area contributed by atoms with Crippen molar-refractivity contribution in [2.45, 2.75) is 44.8 Å². The molecule has 3 aromatic rings. The van der Waals surface area contributed by atoms with Crippen molar-refractivity contribution in [3.8, 4) is 11.1 Å². The Morgan fingerprint density at radius 2 is 1.57 bits per heavy atom. The first-order valence-corrected chi connectivity index (χ1v) is 13.3. The van der Waals surface area contributed by atoms with Gasteiger partial charge < -0.3 is 24.1 Å². The number of amides is 1. The van der Waals surface area contributed by atoms with E-state index in [2.05, 4.69) is 34.6 Å². The Kier molecular flexibility index (Phi) is 7.53. The van der Waals surface area contributed by atoms with Crippen molar-refractivity contribution in [1.82, 2.24) is 10.3 Å². The first-order chi connectivity index (χ1) is 19.1. The van der Waals surface area contributed by atoms with Crippen LogP contribution in [0.4, 0.5) is 4.79 Å². The highest BCUT2D eigenvalue weighted by Crippen LogP contribution is 2.44. The van der Waals surface area contributed by atoms with E-state index in [1.165, 1.54) is 24.4 Å². The van der Waals surface area contributed by atoms with Crippen LogP contribution in [0.15, 0.2) is 72.5 Å². The Morgan fingerprint density at radius 1 is 0.975 bits per heavy atom. The molecule has 1 saturated heterocycles. The van der Waals surface area contributed by atoms with Crippen molar-refractivity contribution in [3.05, 3.63) is 94.7 Å². The molecule has 0 saturated carbocycles. The predicted octanol–water partition coefficient (Wildman–Crippen LogP) is 5.42. The van der Waals surface area contributed by atoms with Gasteiger partial charge in [-0.1, -0.05) is 54.6 Å². The summed E-state index contributed by atoms with van der Waals surface area (Å²) in [6.07, 6.45) is 4.30. The molecule has 2 aromatic carbocycles. The zero-order valence-electron chi connectivity index (χ0n) is 23.4. The average Bonchev–Trinajstić information content (AvgIpc) is 3.38. The fraction of sp³-hybridized carbons (Fsp3) is 0.323. The number of fused-ring (bicyclic) bond motifs is 3. The van der Waals surface area contributed by atoms with E-state index in [1.54, 1.807) is 18.3 Å². The van der Waals surface area contributed by atoms with Crippen LogP contribution in [0.25, 0.3) is 17.2 Å². The summed E-state index contributed by atoms with van der Waals surface area (Å²) >= 11 is 0. The Morgan fingerprint density at radius 3 is 2.17 bits per heavy atom. The molecule has 8 nitrogen and oxygen atoms in total. The minimum absolute atomic E-state index is 0.0385. The molecule has 5 rings (SSSR count). The van der Waals surface area contributed by atoms with Crippen molar-refractivity contribution in [1.29, 1.82) is 0 Å². The van der Waals surface area contributed by atoms with Crippen LogP contribution >= 0.6 is 0 Å². The molecule has 1 N–H and O–H groups in total. The largest absolute Gasteiger partial charge is 0.492 e. The van der Waals surface area contributed by atoms with Crippen molar-refractivity contribution in [3.63, 3.8) is 0 Å². The molecule has 0 unspecified atom stereocenters. The normalized spacial score (nSPS) is 17.2. The third-order valence-corrected chi connectivity index (χ3v) is 7.87. The molecule has 0 spiro atoms. The number of aromatic nitrogens is 1. The van der Waals surface area contributed by atoms with Crippen molar-refractivity contribution in [2.75, 3.05) is 20.3 Å². The third kappa shape index (κ3) is 5.39. The van der Waals surface area contributed by atoms with E-state index in [9.17, 15) is 9.59 Å². The molecule has 40 heavy (non-hydrogen) atoms. The quantitative estimate of drug-likeness (QED) is 0.316.